The summed E-state index contributed by atoms with van der Waals surface area (Å²) in [5.41, 5.74) is 6.54. The van der Waals surface area contributed by atoms with Crippen molar-refractivity contribution in [3.05, 3.63) is 52.7 Å². The Morgan fingerprint density at radius 2 is 1.89 bits per heavy atom. The number of aromatic nitrogens is 1. The Kier molecular flexibility index (Phi) is 3.48. The Hall–Kier alpha value is -2.07. The molecule has 0 radical (unpaired) electrons. The van der Waals surface area contributed by atoms with Gasteiger partial charge in [-0.05, 0) is 31.2 Å². The lowest BCUT2D eigenvalue weighted by Gasteiger charge is -2.08. The Labute approximate surface area is 109 Å². The van der Waals surface area contributed by atoms with E-state index in [1.165, 1.54) is 12.1 Å². The minimum Gasteiger partial charge on any atom is -0.438 e. The van der Waals surface area contributed by atoms with Gasteiger partial charge in [-0.15, -0.1) is 0 Å². The first-order valence-electron chi connectivity index (χ1n) is 5.27. The Morgan fingerprint density at radius 3 is 2.50 bits per heavy atom. The van der Waals surface area contributed by atoms with Gasteiger partial charge in [-0.3, -0.25) is 4.79 Å². The highest BCUT2D eigenvalue weighted by atomic mass is 35.5. The maximum Gasteiger partial charge on any atom is 0.254 e. The molecular formula is C13H11ClN2O2. The minimum absolute atomic E-state index is 0.110. The molecule has 0 fully saturated rings. The van der Waals surface area contributed by atoms with Crippen LogP contribution in [0, 0.1) is 6.92 Å². The number of nitrogens with two attached hydrogens (primary N) is 1. The van der Waals surface area contributed by atoms with Gasteiger partial charge in [0.15, 0.2) is 0 Å². The predicted molar refractivity (Wildman–Crippen MR) is 69.0 cm³/mol. The average Bonchev–Trinajstić information content (AvgIpc) is 2.32. The summed E-state index contributed by atoms with van der Waals surface area (Å²) in [6.07, 6.45) is 0. The molecule has 0 atom stereocenters. The molecule has 0 aliphatic carbocycles. The van der Waals surface area contributed by atoms with Crippen LogP contribution in [-0.2, 0) is 0 Å². The molecular weight excluding hydrogens is 252 g/mol. The highest BCUT2D eigenvalue weighted by Crippen LogP contribution is 2.25. The molecule has 92 valence electrons. The lowest BCUT2D eigenvalue weighted by atomic mass is 10.2. The lowest BCUT2D eigenvalue weighted by molar-refractivity contribution is 0.0997. The first kappa shape index (κ1) is 12.4. The van der Waals surface area contributed by atoms with Crippen molar-refractivity contribution >= 4 is 17.5 Å². The highest BCUT2D eigenvalue weighted by molar-refractivity contribution is 6.29. The van der Waals surface area contributed by atoms with Gasteiger partial charge in [-0.1, -0.05) is 29.3 Å². The van der Waals surface area contributed by atoms with E-state index in [0.717, 1.165) is 5.56 Å². The van der Waals surface area contributed by atoms with Gasteiger partial charge in [0.05, 0.1) is 0 Å². The van der Waals surface area contributed by atoms with Crippen molar-refractivity contribution in [3.8, 4) is 11.6 Å². The number of primary amides is 1. The van der Waals surface area contributed by atoms with Crippen LogP contribution in [0.2, 0.25) is 5.15 Å². The monoisotopic (exact) mass is 262 g/mol. The van der Waals surface area contributed by atoms with E-state index in [0.29, 0.717) is 5.75 Å². The number of aryl methyl sites for hydroxylation is 1. The second-order valence-electron chi connectivity index (χ2n) is 3.77. The van der Waals surface area contributed by atoms with Gasteiger partial charge in [0.2, 0.25) is 5.88 Å². The number of amides is 1. The molecule has 1 aromatic heterocycles. The summed E-state index contributed by atoms with van der Waals surface area (Å²) >= 11 is 5.77. The predicted octanol–water partition coefficient (Wildman–Crippen LogP) is 2.93. The van der Waals surface area contributed by atoms with Gasteiger partial charge >= 0.3 is 0 Å². The summed E-state index contributed by atoms with van der Waals surface area (Å²) in [5.74, 6) is 0.0676. The van der Waals surface area contributed by atoms with Crippen LogP contribution in [0.25, 0.3) is 0 Å². The SMILES string of the molecule is Cc1ccc(Oc2nc(Cl)ccc2C(N)=O)cc1. The molecule has 0 aliphatic rings. The van der Waals surface area contributed by atoms with Gasteiger partial charge in [-0.2, -0.15) is 0 Å². The normalized spacial score (nSPS) is 10.1. The number of nitrogens with zero attached hydrogens (tertiary/aromatic N) is 1. The fourth-order valence-corrected chi connectivity index (χ4v) is 1.54. The number of benzene rings is 1. The van der Waals surface area contributed by atoms with Crippen LogP contribution in [-0.4, -0.2) is 10.9 Å². The zero-order valence-electron chi connectivity index (χ0n) is 9.68. The molecule has 2 rings (SSSR count). The molecule has 0 spiro atoms. The third-order valence-corrected chi connectivity index (χ3v) is 2.54. The van der Waals surface area contributed by atoms with E-state index >= 15 is 0 Å². The summed E-state index contributed by atoms with van der Waals surface area (Å²) in [6, 6.07) is 10.3. The van der Waals surface area contributed by atoms with Crippen molar-refractivity contribution in [1.82, 2.24) is 4.98 Å². The van der Waals surface area contributed by atoms with E-state index in [1.807, 2.05) is 19.1 Å². The largest absolute Gasteiger partial charge is 0.438 e. The van der Waals surface area contributed by atoms with Crippen molar-refractivity contribution < 1.29 is 9.53 Å². The highest BCUT2D eigenvalue weighted by Gasteiger charge is 2.12. The molecule has 4 nitrogen and oxygen atoms in total. The van der Waals surface area contributed by atoms with Crippen LogP contribution in [0.1, 0.15) is 15.9 Å². The van der Waals surface area contributed by atoms with Crippen molar-refractivity contribution in [2.75, 3.05) is 0 Å². The zero-order valence-corrected chi connectivity index (χ0v) is 10.4. The number of hydrogen-bond donors (Lipinski definition) is 1. The van der Waals surface area contributed by atoms with E-state index in [4.69, 9.17) is 22.1 Å². The van der Waals surface area contributed by atoms with Crippen LogP contribution < -0.4 is 10.5 Å². The van der Waals surface area contributed by atoms with Crippen molar-refractivity contribution in [2.45, 2.75) is 6.92 Å². The van der Waals surface area contributed by atoms with E-state index in [1.54, 1.807) is 12.1 Å². The van der Waals surface area contributed by atoms with E-state index < -0.39 is 5.91 Å². The Morgan fingerprint density at radius 1 is 1.22 bits per heavy atom. The van der Waals surface area contributed by atoms with Crippen LogP contribution in [0.4, 0.5) is 0 Å². The summed E-state index contributed by atoms with van der Waals surface area (Å²) < 4.78 is 5.51. The molecule has 2 N–H and O–H groups in total. The Bertz CT molecular complexity index is 582. The third-order valence-electron chi connectivity index (χ3n) is 2.33. The quantitative estimate of drug-likeness (QED) is 0.865. The molecule has 2 aromatic rings. The molecule has 0 unspecified atom stereocenters. The van der Waals surface area contributed by atoms with Gasteiger partial charge in [0, 0.05) is 0 Å². The van der Waals surface area contributed by atoms with Gasteiger partial charge in [0.25, 0.3) is 5.91 Å². The van der Waals surface area contributed by atoms with Crippen LogP contribution >= 0.6 is 11.6 Å². The number of carbonyl (C=O) groups is 1. The molecule has 0 saturated carbocycles. The summed E-state index contributed by atoms with van der Waals surface area (Å²) in [7, 11) is 0. The number of hydrogen-bond acceptors (Lipinski definition) is 3. The molecule has 18 heavy (non-hydrogen) atoms. The topological polar surface area (TPSA) is 65.2 Å². The molecule has 5 heteroatoms. The molecule has 1 heterocycles. The van der Waals surface area contributed by atoms with Crippen molar-refractivity contribution in [1.29, 1.82) is 0 Å². The smallest absolute Gasteiger partial charge is 0.254 e. The lowest BCUT2D eigenvalue weighted by Crippen LogP contribution is -2.13. The first-order chi connectivity index (χ1) is 8.56. The number of pyridine rings is 1. The number of halogens is 1. The molecule has 0 bridgehead atoms. The minimum atomic E-state index is -0.610. The standard InChI is InChI=1S/C13H11ClN2O2/c1-8-2-4-9(5-3-8)18-13-10(12(15)17)6-7-11(14)16-13/h2-7H,1H3,(H2,15,17). The summed E-state index contributed by atoms with van der Waals surface area (Å²) in [6.45, 7) is 1.97. The Balaban J connectivity index is 2.35. The van der Waals surface area contributed by atoms with Crippen molar-refractivity contribution in [3.63, 3.8) is 0 Å². The van der Waals surface area contributed by atoms with E-state index in [-0.39, 0.29) is 16.6 Å². The second-order valence-corrected chi connectivity index (χ2v) is 4.15. The van der Waals surface area contributed by atoms with Crippen LogP contribution in [0.3, 0.4) is 0 Å². The van der Waals surface area contributed by atoms with E-state index in [2.05, 4.69) is 4.98 Å². The van der Waals surface area contributed by atoms with Gasteiger partial charge in [0.1, 0.15) is 16.5 Å². The molecule has 0 saturated heterocycles. The molecule has 1 aromatic carbocycles. The third kappa shape index (κ3) is 2.78. The maximum atomic E-state index is 11.2. The number of carbonyl (C=O) groups excluding carboxylic acids is 1. The van der Waals surface area contributed by atoms with Crippen LogP contribution in [0.15, 0.2) is 36.4 Å². The summed E-state index contributed by atoms with van der Waals surface area (Å²) in [4.78, 5) is 15.2. The second kappa shape index (κ2) is 5.06. The van der Waals surface area contributed by atoms with Gasteiger partial charge in [-0.25, -0.2) is 4.98 Å². The van der Waals surface area contributed by atoms with E-state index in [9.17, 15) is 4.79 Å². The van der Waals surface area contributed by atoms with Crippen LogP contribution in [0.5, 0.6) is 11.6 Å². The average molecular weight is 263 g/mol. The fraction of sp³-hybridized carbons (Fsp3) is 0.0769. The molecule has 0 aliphatic heterocycles. The number of rotatable bonds is 3. The number of ether oxygens (including phenoxy) is 1. The van der Waals surface area contributed by atoms with Gasteiger partial charge < -0.3 is 10.5 Å². The first-order valence-corrected chi connectivity index (χ1v) is 5.65. The van der Waals surface area contributed by atoms with Crippen molar-refractivity contribution in [2.24, 2.45) is 5.73 Å². The zero-order chi connectivity index (χ0) is 13.1. The molecule has 1 amide bonds. The summed E-state index contributed by atoms with van der Waals surface area (Å²) in [5, 5.41) is 0.238. The maximum absolute atomic E-state index is 11.2. The fourth-order valence-electron chi connectivity index (χ4n) is 1.40.